The van der Waals surface area contributed by atoms with E-state index in [1.807, 2.05) is 26.8 Å². The molecule has 3 aliphatic carbocycles. The molecule has 32 heavy (non-hydrogen) atoms. The second kappa shape index (κ2) is 7.35. The van der Waals surface area contributed by atoms with Gasteiger partial charge in [0.15, 0.2) is 0 Å². The summed E-state index contributed by atoms with van der Waals surface area (Å²) in [5.41, 5.74) is -2.10. The fourth-order valence-electron chi connectivity index (χ4n) is 6.47. The van der Waals surface area contributed by atoms with Crippen LogP contribution in [0.3, 0.4) is 0 Å². The molecule has 2 fully saturated rings. The standard InChI is InChI=1S/C24H31ClO7/c1-11-17(14(27)7-15(31-5)19(11)25)21(29)32-16-9-23(4)18-12(8-22(2,3)20(18)28)6-13(10-26)24(16,23)30/h6-7,12,16,18,20,26-28,30H,8-10H2,1-5H3/t12?,16-,18?,20-,23-,24+/m1/s1. The Morgan fingerprint density at radius 1 is 1.28 bits per heavy atom. The maximum atomic E-state index is 13.0. The van der Waals surface area contributed by atoms with E-state index in [2.05, 4.69) is 0 Å². The molecule has 3 aliphatic rings. The molecular weight excluding hydrogens is 436 g/mol. The summed E-state index contributed by atoms with van der Waals surface area (Å²) in [5, 5.41) is 43.4. The average Bonchev–Trinajstić information content (AvgIpc) is 2.95. The molecule has 0 heterocycles. The Hall–Kier alpha value is -1.80. The van der Waals surface area contributed by atoms with Crippen molar-refractivity contribution in [2.45, 2.75) is 58.3 Å². The van der Waals surface area contributed by atoms with E-state index in [9.17, 15) is 25.2 Å². The van der Waals surface area contributed by atoms with Gasteiger partial charge in [0.25, 0.3) is 0 Å². The lowest BCUT2D eigenvalue weighted by Gasteiger charge is -2.65. The topological polar surface area (TPSA) is 116 Å². The van der Waals surface area contributed by atoms with Crippen molar-refractivity contribution in [1.29, 1.82) is 0 Å². The van der Waals surface area contributed by atoms with Crippen LogP contribution in [-0.2, 0) is 4.74 Å². The number of aliphatic hydroxyl groups is 3. The number of hydrogen-bond acceptors (Lipinski definition) is 7. The first kappa shape index (κ1) is 23.4. The Labute approximate surface area is 192 Å². The smallest absolute Gasteiger partial charge is 0.342 e. The highest BCUT2D eigenvalue weighted by Gasteiger charge is 2.74. The van der Waals surface area contributed by atoms with E-state index in [1.54, 1.807) is 6.92 Å². The number of aromatic hydroxyl groups is 1. The Bertz CT molecular complexity index is 1000. The molecule has 1 aromatic rings. The number of carbonyl (C=O) groups is 1. The van der Waals surface area contributed by atoms with Crippen LogP contribution in [0.15, 0.2) is 17.7 Å². The Balaban J connectivity index is 1.67. The van der Waals surface area contributed by atoms with E-state index >= 15 is 0 Å². The van der Waals surface area contributed by atoms with Crippen LogP contribution in [0.2, 0.25) is 5.02 Å². The summed E-state index contributed by atoms with van der Waals surface area (Å²) in [5.74, 6) is -1.13. The number of rotatable bonds is 4. The number of ether oxygens (including phenoxy) is 2. The molecule has 6 atom stereocenters. The van der Waals surface area contributed by atoms with E-state index in [4.69, 9.17) is 21.1 Å². The van der Waals surface area contributed by atoms with Crippen molar-refractivity contribution in [1.82, 2.24) is 0 Å². The Morgan fingerprint density at radius 2 is 1.94 bits per heavy atom. The van der Waals surface area contributed by atoms with Crippen molar-refractivity contribution in [2.24, 2.45) is 22.7 Å². The largest absolute Gasteiger partial charge is 0.507 e. The first-order valence-electron chi connectivity index (χ1n) is 10.8. The van der Waals surface area contributed by atoms with E-state index in [0.717, 1.165) is 6.42 Å². The molecule has 0 amide bonds. The number of benzene rings is 1. The predicted octanol–water partition coefficient (Wildman–Crippen LogP) is 2.98. The monoisotopic (exact) mass is 466 g/mol. The van der Waals surface area contributed by atoms with Gasteiger partial charge in [0.1, 0.15) is 28.8 Å². The maximum absolute atomic E-state index is 13.0. The van der Waals surface area contributed by atoms with Crippen molar-refractivity contribution in [2.75, 3.05) is 13.7 Å². The third-order valence-electron chi connectivity index (χ3n) is 8.24. The number of esters is 1. The third kappa shape index (κ3) is 2.87. The molecule has 8 heteroatoms. The number of phenols is 1. The van der Waals surface area contributed by atoms with Gasteiger partial charge in [-0.2, -0.15) is 0 Å². The summed E-state index contributed by atoms with van der Waals surface area (Å²) in [6.07, 6.45) is 1.34. The number of aliphatic hydroxyl groups excluding tert-OH is 2. The SMILES string of the molecule is COc1cc(O)c(C(=O)O[C@@H]2C[C@]3(C)C4C(C=C(CO)[C@]23O)CC(C)(C)[C@@H]4O)c(C)c1Cl. The number of phenolic OH excluding ortho intramolecular Hbond substituents is 1. The highest BCUT2D eigenvalue weighted by atomic mass is 35.5. The van der Waals surface area contributed by atoms with Crippen LogP contribution in [0.1, 0.15) is 49.5 Å². The van der Waals surface area contributed by atoms with Gasteiger partial charge in [0.2, 0.25) is 0 Å². The van der Waals surface area contributed by atoms with Gasteiger partial charge in [0, 0.05) is 17.4 Å². The van der Waals surface area contributed by atoms with Gasteiger partial charge >= 0.3 is 5.97 Å². The summed E-state index contributed by atoms with van der Waals surface area (Å²) < 4.78 is 10.8. The molecular formula is C24H31ClO7. The van der Waals surface area contributed by atoms with Gasteiger partial charge in [-0.05, 0) is 42.2 Å². The number of hydrogen-bond donors (Lipinski definition) is 4. The molecule has 0 saturated heterocycles. The molecule has 1 aromatic carbocycles. The summed E-state index contributed by atoms with van der Waals surface area (Å²) in [4.78, 5) is 13.0. The molecule has 4 N–H and O–H groups in total. The summed E-state index contributed by atoms with van der Waals surface area (Å²) in [6.45, 7) is 7.08. The molecule has 0 aliphatic heterocycles. The van der Waals surface area contributed by atoms with E-state index in [-0.39, 0.29) is 45.9 Å². The first-order valence-corrected chi connectivity index (χ1v) is 11.2. The molecule has 2 unspecified atom stereocenters. The van der Waals surface area contributed by atoms with Gasteiger partial charge in [-0.15, -0.1) is 0 Å². The molecule has 0 spiro atoms. The summed E-state index contributed by atoms with van der Waals surface area (Å²) in [6, 6.07) is 1.24. The van der Waals surface area contributed by atoms with Crippen LogP contribution in [-0.4, -0.2) is 57.9 Å². The zero-order valence-corrected chi connectivity index (χ0v) is 19.7. The lowest BCUT2D eigenvalue weighted by molar-refractivity contribution is -0.260. The van der Waals surface area contributed by atoms with Gasteiger partial charge in [-0.1, -0.05) is 38.4 Å². The third-order valence-corrected chi connectivity index (χ3v) is 8.71. The molecule has 2 saturated carbocycles. The molecule has 0 radical (unpaired) electrons. The second-order valence-corrected chi connectivity index (χ2v) is 10.7. The molecule has 0 aromatic heterocycles. The van der Waals surface area contributed by atoms with E-state index in [0.29, 0.717) is 17.6 Å². The fourth-order valence-corrected chi connectivity index (χ4v) is 6.70. The number of methoxy groups -OCH3 is 1. The first-order chi connectivity index (χ1) is 14.8. The number of halogens is 1. The minimum absolute atomic E-state index is 0.0239. The zero-order chi connectivity index (χ0) is 23.8. The summed E-state index contributed by atoms with van der Waals surface area (Å²) in [7, 11) is 1.40. The maximum Gasteiger partial charge on any atom is 0.342 e. The van der Waals surface area contributed by atoms with Crippen molar-refractivity contribution < 1.29 is 34.7 Å². The van der Waals surface area contributed by atoms with Crippen molar-refractivity contribution >= 4 is 17.6 Å². The molecule has 7 nitrogen and oxygen atoms in total. The lowest BCUT2D eigenvalue weighted by Crippen LogP contribution is -2.74. The van der Waals surface area contributed by atoms with Crippen LogP contribution < -0.4 is 4.74 Å². The number of allylic oxidation sites excluding steroid dienone is 1. The van der Waals surface area contributed by atoms with E-state index in [1.165, 1.54) is 13.2 Å². The van der Waals surface area contributed by atoms with Crippen molar-refractivity contribution in [3.63, 3.8) is 0 Å². The normalized spacial score (nSPS) is 37.1. The highest BCUT2D eigenvalue weighted by molar-refractivity contribution is 6.33. The average molecular weight is 467 g/mol. The van der Waals surface area contributed by atoms with Crippen LogP contribution in [0.5, 0.6) is 11.5 Å². The number of carbonyl (C=O) groups excluding carboxylic acids is 1. The van der Waals surface area contributed by atoms with Crippen molar-refractivity contribution in [3.05, 3.63) is 33.9 Å². The molecule has 176 valence electrons. The van der Waals surface area contributed by atoms with Gasteiger partial charge in [0.05, 0.1) is 24.8 Å². The highest BCUT2D eigenvalue weighted by Crippen LogP contribution is 2.68. The van der Waals surface area contributed by atoms with Crippen LogP contribution in [0, 0.1) is 29.6 Å². The lowest BCUT2D eigenvalue weighted by atomic mass is 9.43. The predicted molar refractivity (Wildman–Crippen MR) is 118 cm³/mol. The fraction of sp³-hybridized carbons (Fsp3) is 0.625. The Kier molecular flexibility index (Phi) is 5.37. The van der Waals surface area contributed by atoms with Crippen LogP contribution in [0.4, 0.5) is 0 Å². The van der Waals surface area contributed by atoms with Gasteiger partial charge in [-0.3, -0.25) is 0 Å². The zero-order valence-electron chi connectivity index (χ0n) is 19.0. The van der Waals surface area contributed by atoms with Gasteiger partial charge < -0.3 is 29.9 Å². The minimum atomic E-state index is -1.61. The quantitative estimate of drug-likeness (QED) is 0.398. The minimum Gasteiger partial charge on any atom is -0.507 e. The summed E-state index contributed by atoms with van der Waals surface area (Å²) >= 11 is 6.25. The molecule has 4 rings (SSSR count). The van der Waals surface area contributed by atoms with E-state index < -0.39 is 29.2 Å². The second-order valence-electron chi connectivity index (χ2n) is 10.4. The van der Waals surface area contributed by atoms with Crippen LogP contribution >= 0.6 is 11.6 Å². The Morgan fingerprint density at radius 3 is 2.53 bits per heavy atom. The van der Waals surface area contributed by atoms with Crippen molar-refractivity contribution in [3.8, 4) is 11.5 Å². The van der Waals surface area contributed by atoms with Crippen LogP contribution in [0.25, 0.3) is 0 Å². The molecule has 0 bridgehead atoms. The van der Waals surface area contributed by atoms with Gasteiger partial charge in [-0.25, -0.2) is 4.79 Å². The number of fused-ring (bicyclic) bond motifs is 3.